The van der Waals surface area contributed by atoms with E-state index in [1.807, 2.05) is 0 Å². The topological polar surface area (TPSA) is 83.5 Å². The Hall–Kier alpha value is -2.97. The number of hydrogen-bond donors (Lipinski definition) is 0. The number of fused-ring (bicyclic) bond motifs is 3. The Balaban J connectivity index is 1.97. The molecule has 0 aliphatic rings. The molecule has 3 heterocycles. The molecule has 0 aliphatic heterocycles. The lowest BCUT2D eigenvalue weighted by atomic mass is 10.2. The van der Waals surface area contributed by atoms with Crippen LogP contribution < -0.4 is 10.3 Å². The molecule has 0 bridgehead atoms. The van der Waals surface area contributed by atoms with Gasteiger partial charge in [-0.15, -0.1) is 5.10 Å². The lowest BCUT2D eigenvalue weighted by molar-refractivity contribution is 0.178. The van der Waals surface area contributed by atoms with E-state index < -0.39 is 0 Å². The first-order valence-electron chi connectivity index (χ1n) is 7.71. The van der Waals surface area contributed by atoms with Gasteiger partial charge in [-0.05, 0) is 24.3 Å². The standard InChI is InChI=1S/C17H14ClN5O3/c1-25-9-15-20-17-19-8-11-12(23(17)21-15)5-6-22(16(11)24)13-7-10(18)3-4-14(13)26-2/h3-8H,9H2,1-2H3. The van der Waals surface area contributed by atoms with Gasteiger partial charge in [0.25, 0.3) is 11.3 Å². The summed E-state index contributed by atoms with van der Waals surface area (Å²) in [5.74, 6) is 1.43. The molecule has 8 nitrogen and oxygen atoms in total. The van der Waals surface area contributed by atoms with E-state index in [4.69, 9.17) is 21.1 Å². The van der Waals surface area contributed by atoms with Crippen molar-refractivity contribution in [1.82, 2.24) is 24.1 Å². The predicted octanol–water partition coefficient (Wildman–Crippen LogP) is 2.24. The van der Waals surface area contributed by atoms with Crippen LogP contribution in [0.5, 0.6) is 5.75 Å². The second-order valence-corrected chi connectivity index (χ2v) is 5.97. The molecule has 0 saturated heterocycles. The Morgan fingerprint density at radius 2 is 2.08 bits per heavy atom. The van der Waals surface area contributed by atoms with Crippen molar-refractivity contribution in [2.75, 3.05) is 14.2 Å². The molecular formula is C17H14ClN5O3. The van der Waals surface area contributed by atoms with Crippen LogP contribution in [0, 0.1) is 0 Å². The summed E-state index contributed by atoms with van der Waals surface area (Å²) < 4.78 is 13.4. The third-order valence-electron chi connectivity index (χ3n) is 3.95. The second kappa shape index (κ2) is 6.40. The lowest BCUT2D eigenvalue weighted by Gasteiger charge is -2.12. The van der Waals surface area contributed by atoms with E-state index in [0.29, 0.717) is 39.0 Å². The van der Waals surface area contributed by atoms with Crippen LogP contribution in [0.3, 0.4) is 0 Å². The number of halogens is 1. The molecule has 0 N–H and O–H groups in total. The molecule has 4 aromatic rings. The molecule has 0 saturated carbocycles. The quantitative estimate of drug-likeness (QED) is 0.547. The van der Waals surface area contributed by atoms with E-state index >= 15 is 0 Å². The molecule has 132 valence electrons. The Labute approximate surface area is 152 Å². The molecule has 0 aliphatic carbocycles. The Morgan fingerprint density at radius 3 is 2.85 bits per heavy atom. The van der Waals surface area contributed by atoms with Crippen molar-refractivity contribution in [3.63, 3.8) is 0 Å². The Morgan fingerprint density at radius 1 is 1.23 bits per heavy atom. The fourth-order valence-electron chi connectivity index (χ4n) is 2.79. The van der Waals surface area contributed by atoms with Crippen molar-refractivity contribution in [3.8, 4) is 11.4 Å². The number of pyridine rings is 1. The molecule has 0 unspecified atom stereocenters. The summed E-state index contributed by atoms with van der Waals surface area (Å²) in [6.07, 6.45) is 3.14. The minimum absolute atomic E-state index is 0.263. The van der Waals surface area contributed by atoms with Crippen LogP contribution in [0.15, 0.2) is 41.5 Å². The summed E-state index contributed by atoms with van der Waals surface area (Å²) >= 11 is 6.09. The lowest BCUT2D eigenvalue weighted by Crippen LogP contribution is -2.19. The van der Waals surface area contributed by atoms with Crippen molar-refractivity contribution in [2.24, 2.45) is 0 Å². The minimum Gasteiger partial charge on any atom is -0.495 e. The van der Waals surface area contributed by atoms with Gasteiger partial charge in [0.05, 0.1) is 23.7 Å². The first-order valence-corrected chi connectivity index (χ1v) is 8.09. The maximum atomic E-state index is 13.0. The number of benzene rings is 1. The smallest absolute Gasteiger partial charge is 0.266 e. The number of rotatable bonds is 4. The first kappa shape index (κ1) is 16.5. The number of hydrogen-bond acceptors (Lipinski definition) is 6. The normalized spacial score (nSPS) is 11.3. The maximum absolute atomic E-state index is 13.0. The highest BCUT2D eigenvalue weighted by Gasteiger charge is 2.14. The Bertz CT molecular complexity index is 1180. The van der Waals surface area contributed by atoms with Gasteiger partial charge in [0.2, 0.25) is 0 Å². The van der Waals surface area contributed by atoms with Gasteiger partial charge in [-0.3, -0.25) is 9.36 Å². The van der Waals surface area contributed by atoms with Gasteiger partial charge >= 0.3 is 0 Å². The SMILES string of the molecule is COCc1nc2ncc3c(=O)n(-c4cc(Cl)ccc4OC)ccc3n2n1. The molecule has 0 spiro atoms. The van der Waals surface area contributed by atoms with Crippen LogP contribution in [0.1, 0.15) is 5.82 Å². The number of aromatic nitrogens is 5. The van der Waals surface area contributed by atoms with Gasteiger partial charge in [-0.25, -0.2) is 4.98 Å². The van der Waals surface area contributed by atoms with Crippen LogP contribution in [0.25, 0.3) is 22.4 Å². The monoisotopic (exact) mass is 371 g/mol. The average molecular weight is 372 g/mol. The summed E-state index contributed by atoms with van der Waals surface area (Å²) in [6, 6.07) is 6.86. The van der Waals surface area contributed by atoms with Gasteiger partial charge in [0.15, 0.2) is 5.82 Å². The molecule has 0 atom stereocenters. The first-order chi connectivity index (χ1) is 12.6. The van der Waals surface area contributed by atoms with Crippen LogP contribution >= 0.6 is 11.6 Å². The van der Waals surface area contributed by atoms with Crippen molar-refractivity contribution in [2.45, 2.75) is 6.61 Å². The molecule has 4 rings (SSSR count). The highest BCUT2D eigenvalue weighted by Crippen LogP contribution is 2.26. The van der Waals surface area contributed by atoms with E-state index in [1.54, 1.807) is 37.6 Å². The Kier molecular flexibility index (Phi) is 4.06. The van der Waals surface area contributed by atoms with Gasteiger partial charge < -0.3 is 9.47 Å². The number of ether oxygens (including phenoxy) is 2. The number of methoxy groups -OCH3 is 2. The zero-order valence-electron chi connectivity index (χ0n) is 14.0. The molecule has 9 heteroatoms. The maximum Gasteiger partial charge on any atom is 0.266 e. The van der Waals surface area contributed by atoms with Crippen molar-refractivity contribution >= 4 is 28.3 Å². The van der Waals surface area contributed by atoms with Gasteiger partial charge in [0, 0.05) is 24.5 Å². The van der Waals surface area contributed by atoms with E-state index in [9.17, 15) is 4.79 Å². The third-order valence-corrected chi connectivity index (χ3v) is 4.19. The molecular weight excluding hydrogens is 358 g/mol. The molecule has 1 aromatic carbocycles. The average Bonchev–Trinajstić information content (AvgIpc) is 3.05. The summed E-state index contributed by atoms with van der Waals surface area (Å²) in [4.78, 5) is 21.5. The van der Waals surface area contributed by atoms with Gasteiger partial charge in [0.1, 0.15) is 12.4 Å². The van der Waals surface area contributed by atoms with E-state index in [0.717, 1.165) is 0 Å². The van der Waals surface area contributed by atoms with Crippen molar-refractivity contribution < 1.29 is 9.47 Å². The van der Waals surface area contributed by atoms with Crippen LogP contribution in [0.4, 0.5) is 0 Å². The zero-order valence-corrected chi connectivity index (χ0v) is 14.8. The zero-order chi connectivity index (χ0) is 18.3. The third kappa shape index (κ3) is 2.59. The van der Waals surface area contributed by atoms with Crippen LogP contribution in [-0.2, 0) is 11.3 Å². The summed E-state index contributed by atoms with van der Waals surface area (Å²) in [5.41, 5.74) is 0.888. The van der Waals surface area contributed by atoms with Crippen molar-refractivity contribution in [1.29, 1.82) is 0 Å². The predicted molar refractivity (Wildman–Crippen MR) is 96.2 cm³/mol. The van der Waals surface area contributed by atoms with Crippen LogP contribution in [0.2, 0.25) is 5.02 Å². The van der Waals surface area contributed by atoms with Gasteiger partial charge in [-0.2, -0.15) is 9.50 Å². The van der Waals surface area contributed by atoms with E-state index in [2.05, 4.69) is 15.1 Å². The van der Waals surface area contributed by atoms with Gasteiger partial charge in [-0.1, -0.05) is 11.6 Å². The second-order valence-electron chi connectivity index (χ2n) is 5.54. The largest absolute Gasteiger partial charge is 0.495 e. The fourth-order valence-corrected chi connectivity index (χ4v) is 2.96. The van der Waals surface area contributed by atoms with Crippen LogP contribution in [-0.4, -0.2) is 38.4 Å². The van der Waals surface area contributed by atoms with E-state index in [1.165, 1.54) is 22.4 Å². The van der Waals surface area contributed by atoms with Crippen molar-refractivity contribution in [3.05, 3.63) is 57.9 Å². The fraction of sp³-hybridized carbons (Fsp3) is 0.176. The summed E-state index contributed by atoms with van der Waals surface area (Å²) in [6.45, 7) is 0.266. The van der Waals surface area contributed by atoms with E-state index in [-0.39, 0.29) is 12.2 Å². The molecule has 0 fully saturated rings. The molecule has 3 aromatic heterocycles. The molecule has 0 radical (unpaired) electrons. The highest BCUT2D eigenvalue weighted by atomic mass is 35.5. The minimum atomic E-state index is -0.263. The molecule has 0 amide bonds. The number of nitrogens with zero attached hydrogens (tertiary/aromatic N) is 5. The molecule has 26 heavy (non-hydrogen) atoms. The summed E-state index contributed by atoms with van der Waals surface area (Å²) in [7, 11) is 3.10. The highest BCUT2D eigenvalue weighted by molar-refractivity contribution is 6.30. The summed E-state index contributed by atoms with van der Waals surface area (Å²) in [5, 5.41) is 5.25.